The molecule has 0 aliphatic heterocycles. The third-order valence-corrected chi connectivity index (χ3v) is 2.01. The molecule has 0 N–H and O–H groups in total. The summed E-state index contributed by atoms with van der Waals surface area (Å²) >= 11 is 0. The van der Waals surface area contributed by atoms with Crippen LogP contribution in [-0.2, 0) is 6.42 Å². The van der Waals surface area contributed by atoms with Gasteiger partial charge in [-0.3, -0.25) is 0 Å². The maximum Gasteiger partial charge on any atom is 0.301 e. The van der Waals surface area contributed by atoms with Gasteiger partial charge in [0.2, 0.25) is 0 Å². The topological polar surface area (TPSA) is 39.8 Å². The predicted octanol–water partition coefficient (Wildman–Crippen LogP) is 1.43. The average molecular weight is 174 g/mol. The van der Waals surface area contributed by atoms with Crippen LogP contribution in [-0.4, -0.2) is 4.98 Å². The van der Waals surface area contributed by atoms with Crippen molar-refractivity contribution in [2.75, 3.05) is 0 Å². The van der Waals surface area contributed by atoms with Crippen molar-refractivity contribution in [3.63, 3.8) is 0 Å². The molecule has 0 aliphatic rings. The molecule has 0 unspecified atom stereocenters. The van der Waals surface area contributed by atoms with Gasteiger partial charge < -0.3 is 5.21 Å². The molecule has 3 heteroatoms. The third kappa shape index (κ3) is 1.33. The predicted molar refractivity (Wildman–Crippen MR) is 50.1 cm³/mol. The lowest BCUT2D eigenvalue weighted by atomic mass is 10.2. The summed E-state index contributed by atoms with van der Waals surface area (Å²) in [7, 11) is 0. The molecule has 13 heavy (non-hydrogen) atoms. The van der Waals surface area contributed by atoms with Gasteiger partial charge in [0.15, 0.2) is 5.52 Å². The van der Waals surface area contributed by atoms with Crippen molar-refractivity contribution in [2.45, 2.75) is 13.3 Å². The van der Waals surface area contributed by atoms with Crippen molar-refractivity contribution in [3.05, 3.63) is 41.5 Å². The van der Waals surface area contributed by atoms with Gasteiger partial charge in [-0.25, -0.2) is 4.73 Å². The third-order valence-electron chi connectivity index (χ3n) is 2.01. The number of rotatable bonds is 1. The number of para-hydroxylation sites is 1. The highest BCUT2D eigenvalue weighted by Gasteiger charge is 2.07. The Kier molecular flexibility index (Phi) is 1.85. The van der Waals surface area contributed by atoms with E-state index in [4.69, 9.17) is 0 Å². The Bertz CT molecular complexity index is 440. The van der Waals surface area contributed by atoms with Crippen molar-refractivity contribution in [1.29, 1.82) is 0 Å². The van der Waals surface area contributed by atoms with E-state index in [9.17, 15) is 5.21 Å². The van der Waals surface area contributed by atoms with E-state index in [0.29, 0.717) is 12.2 Å². The summed E-state index contributed by atoms with van der Waals surface area (Å²) in [5, 5.41) is 12.2. The lowest BCUT2D eigenvalue weighted by Crippen LogP contribution is -2.32. The largest absolute Gasteiger partial charge is 0.711 e. The number of aryl methyl sites for hydroxylation is 1. The van der Waals surface area contributed by atoms with E-state index in [1.807, 2.05) is 31.2 Å². The van der Waals surface area contributed by atoms with Crippen molar-refractivity contribution in [2.24, 2.45) is 0 Å². The van der Waals surface area contributed by atoms with Gasteiger partial charge in [0.1, 0.15) is 6.20 Å². The maximum absolute atomic E-state index is 11.3. The summed E-state index contributed by atoms with van der Waals surface area (Å²) in [6, 6.07) is 7.62. The average Bonchev–Trinajstić information content (AvgIpc) is 2.17. The Labute approximate surface area is 76.2 Å². The molecule has 3 nitrogen and oxygen atoms in total. The maximum atomic E-state index is 11.3. The Hall–Kier alpha value is -1.64. The van der Waals surface area contributed by atoms with Gasteiger partial charge in [-0.1, -0.05) is 19.1 Å². The lowest BCUT2D eigenvalue weighted by Gasteiger charge is -2.04. The van der Waals surface area contributed by atoms with Crippen LogP contribution in [0, 0.1) is 5.21 Å². The number of hydrogen-bond donors (Lipinski definition) is 0. The fraction of sp³-hybridized carbons (Fsp3) is 0.200. The lowest BCUT2D eigenvalue weighted by molar-refractivity contribution is -0.615. The van der Waals surface area contributed by atoms with E-state index in [2.05, 4.69) is 4.98 Å². The Morgan fingerprint density at radius 2 is 2.15 bits per heavy atom. The van der Waals surface area contributed by atoms with Crippen molar-refractivity contribution < 1.29 is 4.73 Å². The van der Waals surface area contributed by atoms with E-state index in [-0.39, 0.29) is 0 Å². The van der Waals surface area contributed by atoms with Crippen LogP contribution in [0.2, 0.25) is 0 Å². The van der Waals surface area contributed by atoms with Crippen LogP contribution in [0.4, 0.5) is 0 Å². The Morgan fingerprint density at radius 3 is 2.92 bits per heavy atom. The molecule has 0 saturated carbocycles. The second-order valence-electron chi connectivity index (χ2n) is 2.90. The van der Waals surface area contributed by atoms with Gasteiger partial charge in [0.25, 0.3) is 0 Å². The van der Waals surface area contributed by atoms with Gasteiger partial charge in [-0.15, -0.1) is 0 Å². The van der Waals surface area contributed by atoms with Gasteiger partial charge in [0.05, 0.1) is 11.8 Å². The summed E-state index contributed by atoms with van der Waals surface area (Å²) in [4.78, 5) is 4.24. The molecule has 0 atom stereocenters. The molecule has 1 heterocycles. The highest BCUT2D eigenvalue weighted by atomic mass is 16.5. The van der Waals surface area contributed by atoms with Crippen LogP contribution < -0.4 is 4.73 Å². The van der Waals surface area contributed by atoms with E-state index in [1.165, 1.54) is 0 Å². The fourth-order valence-corrected chi connectivity index (χ4v) is 1.32. The molecule has 2 rings (SSSR count). The molecule has 0 amide bonds. The monoisotopic (exact) mass is 174 g/mol. The van der Waals surface area contributed by atoms with Gasteiger partial charge in [-0.05, 0) is 17.1 Å². The van der Waals surface area contributed by atoms with Gasteiger partial charge >= 0.3 is 5.82 Å². The molecular weight excluding hydrogens is 164 g/mol. The summed E-state index contributed by atoms with van der Waals surface area (Å²) < 4.78 is 0.836. The summed E-state index contributed by atoms with van der Waals surface area (Å²) in [5.41, 5.74) is 0.881. The first-order chi connectivity index (χ1) is 6.31. The van der Waals surface area contributed by atoms with Crippen molar-refractivity contribution in [1.82, 2.24) is 4.98 Å². The summed E-state index contributed by atoms with van der Waals surface area (Å²) in [6.07, 6.45) is 2.23. The number of benzene rings is 1. The first-order valence-corrected chi connectivity index (χ1v) is 4.29. The van der Waals surface area contributed by atoms with Crippen LogP contribution in [0.15, 0.2) is 30.5 Å². The minimum Gasteiger partial charge on any atom is -0.711 e. The molecule has 0 fully saturated rings. The van der Waals surface area contributed by atoms with E-state index in [0.717, 1.165) is 15.6 Å². The number of fused-ring (bicyclic) bond motifs is 1. The summed E-state index contributed by atoms with van der Waals surface area (Å²) in [5.74, 6) is 0.568. The molecule has 1 aromatic heterocycles. The minimum absolute atomic E-state index is 0.568. The number of hydrogen-bond acceptors (Lipinski definition) is 2. The minimum atomic E-state index is 0.568. The molecule has 2 aromatic rings. The smallest absolute Gasteiger partial charge is 0.301 e. The first kappa shape index (κ1) is 7.98. The molecule has 0 aliphatic carbocycles. The van der Waals surface area contributed by atoms with Crippen molar-refractivity contribution >= 4 is 10.9 Å². The van der Waals surface area contributed by atoms with Crippen LogP contribution >= 0.6 is 0 Å². The fourth-order valence-electron chi connectivity index (χ4n) is 1.32. The van der Waals surface area contributed by atoms with Gasteiger partial charge in [0, 0.05) is 0 Å². The second-order valence-corrected chi connectivity index (χ2v) is 2.90. The van der Waals surface area contributed by atoms with Crippen LogP contribution in [0.5, 0.6) is 0 Å². The number of aromatic nitrogens is 2. The molecule has 0 spiro atoms. The first-order valence-electron chi connectivity index (χ1n) is 4.29. The normalized spacial score (nSPS) is 10.5. The zero-order chi connectivity index (χ0) is 9.26. The molecule has 1 aromatic carbocycles. The highest BCUT2D eigenvalue weighted by Crippen LogP contribution is 2.08. The van der Waals surface area contributed by atoms with Crippen LogP contribution in [0.25, 0.3) is 10.9 Å². The van der Waals surface area contributed by atoms with Gasteiger partial charge in [-0.2, -0.15) is 0 Å². The number of nitrogens with zero attached hydrogens (tertiary/aromatic N) is 2. The summed E-state index contributed by atoms with van der Waals surface area (Å²) in [6.45, 7) is 1.92. The van der Waals surface area contributed by atoms with Crippen LogP contribution in [0.1, 0.15) is 12.7 Å². The van der Waals surface area contributed by atoms with Crippen LogP contribution in [0.3, 0.4) is 0 Å². The Balaban J connectivity index is 2.74. The molecule has 66 valence electrons. The van der Waals surface area contributed by atoms with E-state index < -0.39 is 0 Å². The second kappa shape index (κ2) is 3.01. The molecule has 0 saturated heterocycles. The quantitative estimate of drug-likeness (QED) is 0.484. The Morgan fingerprint density at radius 1 is 1.38 bits per heavy atom. The molecule has 0 bridgehead atoms. The molecular formula is C10H10N2O. The molecule has 0 radical (unpaired) electrons. The SMILES string of the molecule is CCc1nc2ccccc2c[n+]1[O-]. The zero-order valence-electron chi connectivity index (χ0n) is 7.40. The highest BCUT2D eigenvalue weighted by molar-refractivity contribution is 5.76. The van der Waals surface area contributed by atoms with Crippen molar-refractivity contribution in [3.8, 4) is 0 Å². The van der Waals surface area contributed by atoms with E-state index >= 15 is 0 Å². The zero-order valence-corrected chi connectivity index (χ0v) is 7.40. The van der Waals surface area contributed by atoms with E-state index in [1.54, 1.807) is 6.20 Å². The standard InChI is InChI=1S/C10H10N2O/c1-2-10-11-9-6-4-3-5-8(9)7-12(10)13/h3-7H,2H2,1H3.